The highest BCUT2D eigenvalue weighted by molar-refractivity contribution is 8.13. The minimum Gasteiger partial charge on any atom is -0.482 e. The van der Waals surface area contributed by atoms with Gasteiger partial charge in [-0.05, 0) is 31.0 Å². The average molecular weight is 336 g/mol. The molecule has 0 fully saturated rings. The summed E-state index contributed by atoms with van der Waals surface area (Å²) < 4.78 is 33.0. The number of methoxy groups -OCH3 is 1. The highest BCUT2D eigenvalue weighted by Crippen LogP contribution is 2.27. The van der Waals surface area contributed by atoms with E-state index in [1.54, 1.807) is 20.1 Å². The van der Waals surface area contributed by atoms with Crippen molar-refractivity contribution in [2.75, 3.05) is 26.9 Å². The molecule has 0 heterocycles. The molecule has 0 saturated carbocycles. The van der Waals surface area contributed by atoms with Crippen LogP contribution in [0, 0.1) is 6.92 Å². The maximum absolute atomic E-state index is 11.5. The van der Waals surface area contributed by atoms with Gasteiger partial charge in [-0.2, -0.15) is 0 Å². The van der Waals surface area contributed by atoms with Crippen LogP contribution in [0.1, 0.15) is 12.0 Å². The highest BCUT2D eigenvalue weighted by atomic mass is 35.7. The van der Waals surface area contributed by atoms with Crippen molar-refractivity contribution in [3.8, 4) is 5.75 Å². The summed E-state index contributed by atoms with van der Waals surface area (Å²) in [5, 5.41) is 2.63. The molecule has 0 aliphatic rings. The first-order valence-electron chi connectivity index (χ1n) is 6.28. The molecule has 0 atom stereocenters. The fourth-order valence-corrected chi connectivity index (χ4v) is 2.62. The Labute approximate surface area is 128 Å². The number of hydrogen-bond acceptors (Lipinski definition) is 5. The van der Waals surface area contributed by atoms with E-state index < -0.39 is 9.05 Å². The second-order valence-electron chi connectivity index (χ2n) is 4.37. The fraction of sp³-hybridized carbons (Fsp3) is 0.462. The molecule has 0 aliphatic heterocycles. The van der Waals surface area contributed by atoms with Crippen molar-refractivity contribution in [1.29, 1.82) is 0 Å². The van der Waals surface area contributed by atoms with Crippen LogP contribution in [0.2, 0.25) is 0 Å². The first-order chi connectivity index (χ1) is 9.84. The van der Waals surface area contributed by atoms with Crippen LogP contribution >= 0.6 is 10.7 Å². The maximum atomic E-state index is 11.5. The molecule has 1 aromatic carbocycles. The van der Waals surface area contributed by atoms with Crippen molar-refractivity contribution in [3.63, 3.8) is 0 Å². The van der Waals surface area contributed by atoms with Gasteiger partial charge >= 0.3 is 0 Å². The zero-order valence-corrected chi connectivity index (χ0v) is 13.5. The lowest BCUT2D eigenvalue weighted by Crippen LogP contribution is -2.30. The summed E-state index contributed by atoms with van der Waals surface area (Å²) in [6.07, 6.45) is 0.689. The standard InChI is InChI=1S/C13H18ClNO5S/c1-10-4-5-11(12(8-10)21(14,17)18)20-9-13(16)15-6-3-7-19-2/h4-5,8H,3,6-7,9H2,1-2H3,(H,15,16). The number of nitrogens with one attached hydrogen (secondary N) is 1. The molecule has 118 valence electrons. The molecule has 6 nitrogen and oxygen atoms in total. The van der Waals surface area contributed by atoms with E-state index in [0.717, 1.165) is 5.56 Å². The molecule has 1 N–H and O–H groups in total. The topological polar surface area (TPSA) is 81.7 Å². The predicted octanol–water partition coefficient (Wildman–Crippen LogP) is 1.45. The van der Waals surface area contributed by atoms with Gasteiger partial charge in [-0.25, -0.2) is 8.42 Å². The maximum Gasteiger partial charge on any atom is 0.264 e. The van der Waals surface area contributed by atoms with Gasteiger partial charge in [0.2, 0.25) is 0 Å². The van der Waals surface area contributed by atoms with E-state index in [1.807, 2.05) is 0 Å². The molecule has 0 saturated heterocycles. The van der Waals surface area contributed by atoms with Crippen LogP contribution in [0.25, 0.3) is 0 Å². The number of carbonyl (C=O) groups is 1. The first kappa shape index (κ1) is 17.7. The SMILES string of the molecule is COCCCNC(=O)COc1ccc(C)cc1S(=O)(=O)Cl. The summed E-state index contributed by atoms with van der Waals surface area (Å²) in [6.45, 7) is 2.46. The molecule has 1 aromatic rings. The number of ether oxygens (including phenoxy) is 2. The third kappa shape index (κ3) is 6.33. The smallest absolute Gasteiger partial charge is 0.264 e. The molecule has 21 heavy (non-hydrogen) atoms. The van der Waals surface area contributed by atoms with E-state index in [9.17, 15) is 13.2 Å². The Kier molecular flexibility index (Phi) is 6.94. The number of hydrogen-bond donors (Lipinski definition) is 1. The Morgan fingerprint density at radius 1 is 1.38 bits per heavy atom. The average Bonchev–Trinajstić information content (AvgIpc) is 2.41. The molecule has 1 rings (SSSR count). The van der Waals surface area contributed by atoms with Gasteiger partial charge < -0.3 is 14.8 Å². The summed E-state index contributed by atoms with van der Waals surface area (Å²) in [7, 11) is 3.00. The van der Waals surface area contributed by atoms with E-state index in [2.05, 4.69) is 5.32 Å². The highest BCUT2D eigenvalue weighted by Gasteiger charge is 2.17. The van der Waals surface area contributed by atoms with Crippen LogP contribution in [0.15, 0.2) is 23.1 Å². The van der Waals surface area contributed by atoms with Crippen LogP contribution in [0.5, 0.6) is 5.75 Å². The normalized spacial score (nSPS) is 11.2. The molecule has 0 bridgehead atoms. The van der Waals surface area contributed by atoms with E-state index >= 15 is 0 Å². The largest absolute Gasteiger partial charge is 0.482 e. The van der Waals surface area contributed by atoms with Gasteiger partial charge in [0.1, 0.15) is 10.6 Å². The van der Waals surface area contributed by atoms with Crippen molar-refractivity contribution in [3.05, 3.63) is 23.8 Å². The van der Waals surface area contributed by atoms with Crippen LogP contribution in [-0.2, 0) is 18.6 Å². The molecular formula is C13H18ClNO5S. The van der Waals surface area contributed by atoms with Crippen LogP contribution in [-0.4, -0.2) is 41.2 Å². The summed E-state index contributed by atoms with van der Waals surface area (Å²) in [5.74, 6) is -0.285. The van der Waals surface area contributed by atoms with Crippen molar-refractivity contribution >= 4 is 25.6 Å². The Bertz CT molecular complexity index is 588. The van der Waals surface area contributed by atoms with Crippen molar-refractivity contribution in [1.82, 2.24) is 5.32 Å². The van der Waals surface area contributed by atoms with Gasteiger partial charge in [0.05, 0.1) is 0 Å². The Morgan fingerprint density at radius 2 is 2.10 bits per heavy atom. The van der Waals surface area contributed by atoms with Crippen molar-refractivity contribution in [2.45, 2.75) is 18.2 Å². The molecule has 8 heteroatoms. The van der Waals surface area contributed by atoms with Gasteiger partial charge in [-0.15, -0.1) is 0 Å². The minimum absolute atomic E-state index is 0.0580. The van der Waals surface area contributed by atoms with Gasteiger partial charge in [0.15, 0.2) is 6.61 Å². The van der Waals surface area contributed by atoms with E-state index in [4.69, 9.17) is 20.2 Å². The molecule has 1 amide bonds. The number of benzene rings is 1. The lowest BCUT2D eigenvalue weighted by molar-refractivity contribution is -0.123. The molecule has 0 radical (unpaired) electrons. The predicted molar refractivity (Wildman–Crippen MR) is 79.2 cm³/mol. The molecule has 0 aromatic heterocycles. The van der Waals surface area contributed by atoms with Crippen LogP contribution in [0.3, 0.4) is 0 Å². The summed E-state index contributed by atoms with van der Waals surface area (Å²) in [4.78, 5) is 11.4. The summed E-state index contributed by atoms with van der Waals surface area (Å²) >= 11 is 0. The van der Waals surface area contributed by atoms with Crippen LogP contribution in [0.4, 0.5) is 0 Å². The molecule has 0 unspecified atom stereocenters. The van der Waals surface area contributed by atoms with Crippen LogP contribution < -0.4 is 10.1 Å². The molecular weight excluding hydrogens is 318 g/mol. The minimum atomic E-state index is -3.93. The second kappa shape index (κ2) is 8.21. The zero-order chi connectivity index (χ0) is 15.9. The first-order valence-corrected chi connectivity index (χ1v) is 8.59. The monoisotopic (exact) mass is 335 g/mol. The Hall–Kier alpha value is -1.31. The van der Waals surface area contributed by atoms with Gasteiger partial charge in [-0.1, -0.05) is 6.07 Å². The lowest BCUT2D eigenvalue weighted by atomic mass is 10.2. The van der Waals surface area contributed by atoms with E-state index in [0.29, 0.717) is 19.6 Å². The second-order valence-corrected chi connectivity index (χ2v) is 6.91. The third-order valence-corrected chi connectivity index (χ3v) is 3.91. The van der Waals surface area contributed by atoms with Gasteiger partial charge in [0.25, 0.3) is 15.0 Å². The quantitative estimate of drug-likeness (QED) is 0.574. The lowest BCUT2D eigenvalue weighted by Gasteiger charge is -2.10. The third-order valence-electron chi connectivity index (χ3n) is 2.57. The van der Waals surface area contributed by atoms with Gasteiger partial charge in [-0.3, -0.25) is 4.79 Å². The number of rotatable bonds is 8. The van der Waals surface area contributed by atoms with E-state index in [1.165, 1.54) is 12.1 Å². The molecule has 0 aliphatic carbocycles. The van der Waals surface area contributed by atoms with Crippen molar-refractivity contribution < 1.29 is 22.7 Å². The zero-order valence-electron chi connectivity index (χ0n) is 11.9. The van der Waals surface area contributed by atoms with Gasteiger partial charge in [0, 0.05) is 30.9 Å². The van der Waals surface area contributed by atoms with E-state index in [-0.39, 0.29) is 23.2 Å². The number of carbonyl (C=O) groups excluding carboxylic acids is 1. The van der Waals surface area contributed by atoms with Crippen molar-refractivity contribution in [2.24, 2.45) is 0 Å². The molecule has 0 spiro atoms. The fourth-order valence-electron chi connectivity index (χ4n) is 1.56. The summed E-state index contributed by atoms with van der Waals surface area (Å²) in [5.41, 5.74) is 0.727. The summed E-state index contributed by atoms with van der Waals surface area (Å²) in [6, 6.07) is 4.55. The Morgan fingerprint density at radius 3 is 2.71 bits per heavy atom. The Balaban J connectivity index is 2.61. The number of halogens is 1. The number of amides is 1. The number of aryl methyl sites for hydroxylation is 1.